The van der Waals surface area contributed by atoms with Gasteiger partial charge in [-0.2, -0.15) is 0 Å². The van der Waals surface area contributed by atoms with Crippen molar-refractivity contribution < 1.29 is 9.84 Å². The zero-order valence-corrected chi connectivity index (χ0v) is 6.55. The van der Waals surface area contributed by atoms with Crippen molar-refractivity contribution in [2.75, 3.05) is 13.2 Å². The molecule has 1 aliphatic carbocycles. The molecule has 1 aliphatic rings. The van der Waals surface area contributed by atoms with Gasteiger partial charge in [0.1, 0.15) is 0 Å². The molecule has 1 saturated carbocycles. The largest absolute Gasteiger partial charge is 0.390 e. The fraction of sp³-hybridized carbons (Fsp3) is 1.00. The first-order valence-corrected chi connectivity index (χ1v) is 4.10. The average Bonchev–Trinajstić information content (AvgIpc) is 1.79. The normalized spacial score (nSPS) is 22.2. The van der Waals surface area contributed by atoms with Gasteiger partial charge in [-0.25, -0.2) is 0 Å². The number of aliphatic hydroxyl groups is 1. The van der Waals surface area contributed by atoms with E-state index in [1.807, 2.05) is 6.92 Å². The summed E-state index contributed by atoms with van der Waals surface area (Å²) in [6.07, 6.45) is 3.46. The molecular formula is C8H16O2. The molecule has 0 bridgehead atoms. The van der Waals surface area contributed by atoms with Gasteiger partial charge in [0.2, 0.25) is 0 Å². The quantitative estimate of drug-likeness (QED) is 0.642. The average molecular weight is 144 g/mol. The summed E-state index contributed by atoms with van der Waals surface area (Å²) in [4.78, 5) is 0. The molecule has 10 heavy (non-hydrogen) atoms. The van der Waals surface area contributed by atoms with Crippen LogP contribution in [0.4, 0.5) is 0 Å². The number of hydrogen-bond donors (Lipinski definition) is 1. The minimum atomic E-state index is -0.200. The third-order valence-corrected chi connectivity index (χ3v) is 2.19. The van der Waals surface area contributed by atoms with E-state index in [0.29, 0.717) is 19.1 Å². The van der Waals surface area contributed by atoms with Crippen LogP contribution in [0.2, 0.25) is 0 Å². The van der Waals surface area contributed by atoms with Crippen LogP contribution < -0.4 is 0 Å². The fourth-order valence-electron chi connectivity index (χ4n) is 1.20. The Kier molecular flexibility index (Phi) is 3.16. The van der Waals surface area contributed by atoms with Crippen LogP contribution in [0.15, 0.2) is 0 Å². The molecule has 2 heteroatoms. The number of ether oxygens (including phenoxy) is 1. The van der Waals surface area contributed by atoms with Crippen LogP contribution in [0, 0.1) is 5.92 Å². The maximum absolute atomic E-state index is 9.38. The highest BCUT2D eigenvalue weighted by Crippen LogP contribution is 2.29. The van der Waals surface area contributed by atoms with Gasteiger partial charge in [-0.1, -0.05) is 6.42 Å². The van der Waals surface area contributed by atoms with E-state index in [1.165, 1.54) is 19.3 Å². The van der Waals surface area contributed by atoms with E-state index in [4.69, 9.17) is 4.74 Å². The van der Waals surface area contributed by atoms with Crippen molar-refractivity contribution in [3.63, 3.8) is 0 Å². The van der Waals surface area contributed by atoms with Gasteiger partial charge < -0.3 is 9.84 Å². The van der Waals surface area contributed by atoms with E-state index in [0.717, 1.165) is 0 Å². The molecule has 2 nitrogen and oxygen atoms in total. The predicted molar refractivity (Wildman–Crippen MR) is 39.8 cm³/mol. The Balaban J connectivity index is 2.02. The summed E-state index contributed by atoms with van der Waals surface area (Å²) in [5, 5.41) is 9.38. The van der Waals surface area contributed by atoms with E-state index in [9.17, 15) is 5.11 Å². The van der Waals surface area contributed by atoms with Gasteiger partial charge >= 0.3 is 0 Å². The van der Waals surface area contributed by atoms with Crippen molar-refractivity contribution in [1.29, 1.82) is 0 Å². The molecule has 0 spiro atoms. The molecule has 0 radical (unpaired) electrons. The van der Waals surface area contributed by atoms with Crippen LogP contribution in [0.25, 0.3) is 0 Å². The third-order valence-electron chi connectivity index (χ3n) is 2.19. The van der Waals surface area contributed by atoms with Crippen molar-refractivity contribution in [2.45, 2.75) is 32.3 Å². The summed E-state index contributed by atoms with van der Waals surface area (Å²) in [6, 6.07) is 0. The summed E-state index contributed by atoms with van der Waals surface area (Å²) in [5.74, 6) is 0.534. The van der Waals surface area contributed by atoms with Crippen LogP contribution in [0.1, 0.15) is 26.2 Å². The maximum Gasteiger partial charge on any atom is 0.0801 e. The minimum absolute atomic E-state index is 0.200. The van der Waals surface area contributed by atoms with E-state index in [2.05, 4.69) is 0 Å². The Morgan fingerprint density at radius 3 is 2.70 bits per heavy atom. The molecule has 1 atom stereocenters. The highest BCUT2D eigenvalue weighted by molar-refractivity contribution is 4.76. The standard InChI is InChI=1S/C8H16O2/c1-2-10-6-8(9)7-4-3-5-7/h7-9H,2-6H2,1H3. The molecular weight excluding hydrogens is 128 g/mol. The lowest BCUT2D eigenvalue weighted by molar-refractivity contribution is -0.0134. The topological polar surface area (TPSA) is 29.5 Å². The van der Waals surface area contributed by atoms with Crippen LogP contribution >= 0.6 is 0 Å². The Labute approximate surface area is 62.2 Å². The van der Waals surface area contributed by atoms with Gasteiger partial charge in [-0.05, 0) is 25.7 Å². The fourth-order valence-corrected chi connectivity index (χ4v) is 1.20. The third kappa shape index (κ3) is 1.96. The van der Waals surface area contributed by atoms with Gasteiger partial charge in [0, 0.05) is 6.61 Å². The van der Waals surface area contributed by atoms with Crippen molar-refractivity contribution in [1.82, 2.24) is 0 Å². The lowest BCUT2D eigenvalue weighted by atomic mass is 9.81. The maximum atomic E-state index is 9.38. The first-order chi connectivity index (χ1) is 4.84. The second kappa shape index (κ2) is 3.94. The number of rotatable bonds is 4. The highest BCUT2D eigenvalue weighted by Gasteiger charge is 2.25. The van der Waals surface area contributed by atoms with E-state index in [-0.39, 0.29) is 6.10 Å². The highest BCUT2D eigenvalue weighted by atomic mass is 16.5. The summed E-state index contributed by atoms with van der Waals surface area (Å²) < 4.78 is 5.10. The van der Waals surface area contributed by atoms with Crippen LogP contribution in [0.5, 0.6) is 0 Å². The number of hydrogen-bond acceptors (Lipinski definition) is 2. The Morgan fingerprint density at radius 1 is 1.60 bits per heavy atom. The first-order valence-electron chi connectivity index (χ1n) is 4.10. The first kappa shape index (κ1) is 8.02. The predicted octanol–water partition coefficient (Wildman–Crippen LogP) is 1.18. The van der Waals surface area contributed by atoms with Gasteiger partial charge in [-0.15, -0.1) is 0 Å². The van der Waals surface area contributed by atoms with E-state index >= 15 is 0 Å². The Morgan fingerprint density at radius 2 is 2.30 bits per heavy atom. The summed E-state index contributed by atoms with van der Waals surface area (Å²) in [7, 11) is 0. The van der Waals surface area contributed by atoms with Crippen LogP contribution in [-0.2, 0) is 4.74 Å². The number of aliphatic hydroxyl groups excluding tert-OH is 1. The minimum Gasteiger partial charge on any atom is -0.390 e. The van der Waals surface area contributed by atoms with Gasteiger partial charge in [0.15, 0.2) is 0 Å². The lowest BCUT2D eigenvalue weighted by Gasteiger charge is -2.29. The lowest BCUT2D eigenvalue weighted by Crippen LogP contribution is -2.30. The van der Waals surface area contributed by atoms with Crippen LogP contribution in [-0.4, -0.2) is 24.4 Å². The molecule has 0 amide bonds. The molecule has 0 aliphatic heterocycles. The van der Waals surface area contributed by atoms with Crippen molar-refractivity contribution >= 4 is 0 Å². The van der Waals surface area contributed by atoms with Gasteiger partial charge in [-0.3, -0.25) is 0 Å². The molecule has 0 aromatic rings. The Hall–Kier alpha value is -0.0800. The zero-order chi connectivity index (χ0) is 7.40. The molecule has 1 unspecified atom stereocenters. The molecule has 0 aromatic heterocycles. The monoisotopic (exact) mass is 144 g/mol. The molecule has 0 heterocycles. The summed E-state index contributed by atoms with van der Waals surface area (Å²) >= 11 is 0. The van der Waals surface area contributed by atoms with Crippen molar-refractivity contribution in [3.05, 3.63) is 0 Å². The van der Waals surface area contributed by atoms with E-state index in [1.54, 1.807) is 0 Å². The second-order valence-electron chi connectivity index (χ2n) is 2.92. The Bertz CT molecular complexity index is 89.3. The van der Waals surface area contributed by atoms with Gasteiger partial charge in [0.05, 0.1) is 12.7 Å². The van der Waals surface area contributed by atoms with Gasteiger partial charge in [0.25, 0.3) is 0 Å². The smallest absolute Gasteiger partial charge is 0.0801 e. The molecule has 0 aromatic carbocycles. The van der Waals surface area contributed by atoms with Crippen molar-refractivity contribution in [2.24, 2.45) is 5.92 Å². The van der Waals surface area contributed by atoms with Crippen molar-refractivity contribution in [3.8, 4) is 0 Å². The summed E-state index contributed by atoms with van der Waals surface area (Å²) in [6.45, 7) is 3.19. The molecule has 1 fully saturated rings. The zero-order valence-electron chi connectivity index (χ0n) is 6.55. The molecule has 60 valence electrons. The summed E-state index contributed by atoms with van der Waals surface area (Å²) in [5.41, 5.74) is 0. The van der Waals surface area contributed by atoms with E-state index < -0.39 is 0 Å². The second-order valence-corrected chi connectivity index (χ2v) is 2.92. The molecule has 1 N–H and O–H groups in total. The van der Waals surface area contributed by atoms with Crippen LogP contribution in [0.3, 0.4) is 0 Å². The molecule has 1 rings (SSSR count). The SMILES string of the molecule is CCOCC(O)C1CCC1. The molecule has 0 saturated heterocycles.